The quantitative estimate of drug-likeness (QED) is 0.836. The molecule has 5 heteroatoms. The Hall–Kier alpha value is -1.10. The van der Waals surface area contributed by atoms with Gasteiger partial charge in [0, 0.05) is 12.6 Å². The molecular formula is C15H23NO4. The number of rotatable bonds is 2. The highest BCUT2D eigenvalue weighted by molar-refractivity contribution is 5.86. The fraction of sp³-hybridized carbons (Fsp3) is 0.867. The van der Waals surface area contributed by atoms with E-state index >= 15 is 0 Å². The van der Waals surface area contributed by atoms with Crippen LogP contribution in [0.3, 0.4) is 0 Å². The van der Waals surface area contributed by atoms with Gasteiger partial charge in [-0.3, -0.25) is 4.79 Å². The Balaban J connectivity index is 1.79. The van der Waals surface area contributed by atoms with Gasteiger partial charge >= 0.3 is 5.97 Å². The number of carboxylic acids is 1. The van der Waals surface area contributed by atoms with Crippen LogP contribution in [0.4, 0.5) is 0 Å². The normalized spacial score (nSPS) is 37.5. The summed E-state index contributed by atoms with van der Waals surface area (Å²) in [6, 6.07) is -0.461. The van der Waals surface area contributed by atoms with Crippen molar-refractivity contribution in [2.75, 3.05) is 13.2 Å². The second-order valence-electron chi connectivity index (χ2n) is 6.36. The van der Waals surface area contributed by atoms with Crippen LogP contribution in [-0.4, -0.2) is 47.2 Å². The molecule has 3 fully saturated rings. The highest BCUT2D eigenvalue weighted by Gasteiger charge is 2.48. The van der Waals surface area contributed by atoms with Gasteiger partial charge < -0.3 is 14.7 Å². The van der Waals surface area contributed by atoms with E-state index in [9.17, 15) is 14.7 Å². The minimum Gasteiger partial charge on any atom is -0.480 e. The Bertz CT molecular complexity index is 391. The number of carboxylic acid groups (broad SMARTS) is 1. The van der Waals surface area contributed by atoms with Crippen molar-refractivity contribution in [2.24, 2.45) is 11.8 Å². The number of likely N-dealkylation sites (tertiary alicyclic amines) is 1. The van der Waals surface area contributed by atoms with E-state index in [2.05, 4.69) is 0 Å². The molecule has 2 heterocycles. The summed E-state index contributed by atoms with van der Waals surface area (Å²) in [6.07, 6.45) is 6.68. The number of fused-ring (bicyclic) bond motifs is 1. The molecule has 4 atom stereocenters. The van der Waals surface area contributed by atoms with Crippen molar-refractivity contribution in [3.05, 3.63) is 0 Å². The van der Waals surface area contributed by atoms with Gasteiger partial charge in [0.25, 0.3) is 0 Å². The van der Waals surface area contributed by atoms with E-state index in [1.165, 1.54) is 6.42 Å². The molecule has 0 aromatic heterocycles. The predicted molar refractivity (Wildman–Crippen MR) is 72.2 cm³/mol. The lowest BCUT2D eigenvalue weighted by Crippen LogP contribution is -2.50. The number of hydrogen-bond acceptors (Lipinski definition) is 3. The van der Waals surface area contributed by atoms with Crippen LogP contribution in [0.15, 0.2) is 0 Å². The van der Waals surface area contributed by atoms with Gasteiger partial charge in [0.1, 0.15) is 6.04 Å². The average Bonchev–Trinajstić information content (AvgIpc) is 2.87. The molecule has 0 aromatic rings. The summed E-state index contributed by atoms with van der Waals surface area (Å²) in [5, 5.41) is 9.45. The second kappa shape index (κ2) is 5.72. The third kappa shape index (κ3) is 2.43. The number of ether oxygens (including phenoxy) is 1. The maximum absolute atomic E-state index is 12.8. The molecule has 112 valence electrons. The maximum atomic E-state index is 12.8. The molecule has 3 rings (SSSR count). The molecule has 1 amide bonds. The zero-order chi connectivity index (χ0) is 14.1. The van der Waals surface area contributed by atoms with Gasteiger partial charge in [-0.15, -0.1) is 0 Å². The molecular weight excluding hydrogens is 258 g/mol. The van der Waals surface area contributed by atoms with Crippen LogP contribution in [0.25, 0.3) is 0 Å². The number of aliphatic carboxylic acids is 1. The van der Waals surface area contributed by atoms with Crippen molar-refractivity contribution in [1.29, 1.82) is 0 Å². The van der Waals surface area contributed by atoms with E-state index in [4.69, 9.17) is 4.74 Å². The summed E-state index contributed by atoms with van der Waals surface area (Å²) in [5.41, 5.74) is 0. The van der Waals surface area contributed by atoms with Crippen molar-refractivity contribution < 1.29 is 19.4 Å². The Labute approximate surface area is 119 Å². The van der Waals surface area contributed by atoms with Crippen molar-refractivity contribution in [2.45, 2.75) is 57.0 Å². The molecule has 0 unspecified atom stereocenters. The summed E-state index contributed by atoms with van der Waals surface area (Å²) in [5.74, 6) is -0.569. The van der Waals surface area contributed by atoms with Crippen LogP contribution in [0.2, 0.25) is 0 Å². The van der Waals surface area contributed by atoms with Gasteiger partial charge in [0.15, 0.2) is 0 Å². The van der Waals surface area contributed by atoms with Crippen LogP contribution < -0.4 is 0 Å². The van der Waals surface area contributed by atoms with E-state index < -0.39 is 12.0 Å². The number of nitrogens with zero attached hydrogens (tertiary/aromatic N) is 1. The first-order valence-electron chi connectivity index (χ1n) is 7.81. The molecule has 3 aliphatic rings. The third-order valence-corrected chi connectivity index (χ3v) is 5.14. The van der Waals surface area contributed by atoms with Gasteiger partial charge in [0.2, 0.25) is 5.91 Å². The van der Waals surface area contributed by atoms with Gasteiger partial charge in [-0.1, -0.05) is 12.8 Å². The predicted octanol–water partition coefficient (Wildman–Crippen LogP) is 1.66. The molecule has 0 bridgehead atoms. The van der Waals surface area contributed by atoms with Crippen LogP contribution in [0.1, 0.15) is 44.9 Å². The van der Waals surface area contributed by atoms with Gasteiger partial charge in [0.05, 0.1) is 12.5 Å². The topological polar surface area (TPSA) is 66.8 Å². The van der Waals surface area contributed by atoms with Crippen LogP contribution in [-0.2, 0) is 14.3 Å². The molecule has 0 radical (unpaired) electrons. The SMILES string of the molecule is O=C(O)[C@@H]1C[C@@H]2CCCC[C@@H]2N1C(=O)[C@@H]1CCCOC1. The summed E-state index contributed by atoms with van der Waals surface area (Å²) in [7, 11) is 0. The Morgan fingerprint density at radius 1 is 1.10 bits per heavy atom. The highest BCUT2D eigenvalue weighted by atomic mass is 16.5. The number of amides is 1. The minimum absolute atomic E-state index is 0.0199. The standard InChI is InChI=1S/C15H23NO4/c17-14(11-5-3-7-20-9-11)16-12-6-2-1-4-10(12)8-13(16)15(18)19/h10-13H,1-9H2,(H,18,19)/t10-,11+,12-,13-/m0/s1. The molecule has 1 saturated carbocycles. The number of carbonyl (C=O) groups is 2. The highest BCUT2D eigenvalue weighted by Crippen LogP contribution is 2.41. The molecule has 5 nitrogen and oxygen atoms in total. The van der Waals surface area contributed by atoms with Crippen LogP contribution >= 0.6 is 0 Å². The monoisotopic (exact) mass is 281 g/mol. The van der Waals surface area contributed by atoms with E-state index in [0.717, 1.165) is 38.7 Å². The molecule has 20 heavy (non-hydrogen) atoms. The lowest BCUT2D eigenvalue weighted by molar-refractivity contribution is -0.154. The lowest BCUT2D eigenvalue weighted by Gasteiger charge is -2.36. The Morgan fingerprint density at radius 2 is 1.90 bits per heavy atom. The van der Waals surface area contributed by atoms with Gasteiger partial charge in [-0.25, -0.2) is 4.79 Å². The van der Waals surface area contributed by atoms with E-state index in [0.29, 0.717) is 18.9 Å². The smallest absolute Gasteiger partial charge is 0.326 e. The van der Waals surface area contributed by atoms with E-state index in [1.54, 1.807) is 4.90 Å². The zero-order valence-corrected chi connectivity index (χ0v) is 11.8. The van der Waals surface area contributed by atoms with E-state index in [1.807, 2.05) is 0 Å². The molecule has 1 N–H and O–H groups in total. The van der Waals surface area contributed by atoms with Crippen molar-refractivity contribution in [1.82, 2.24) is 4.90 Å². The number of carbonyl (C=O) groups excluding carboxylic acids is 1. The van der Waals surface area contributed by atoms with Crippen LogP contribution in [0, 0.1) is 11.8 Å². The largest absolute Gasteiger partial charge is 0.480 e. The first kappa shape index (κ1) is 13.9. The third-order valence-electron chi connectivity index (χ3n) is 5.14. The zero-order valence-electron chi connectivity index (χ0n) is 11.8. The average molecular weight is 281 g/mol. The van der Waals surface area contributed by atoms with Gasteiger partial charge in [-0.2, -0.15) is 0 Å². The van der Waals surface area contributed by atoms with Crippen LogP contribution in [0.5, 0.6) is 0 Å². The first-order chi connectivity index (χ1) is 9.68. The molecule has 1 aliphatic carbocycles. The molecule has 2 aliphatic heterocycles. The fourth-order valence-corrected chi connectivity index (χ4v) is 4.14. The first-order valence-corrected chi connectivity index (χ1v) is 7.81. The summed E-state index contributed by atoms with van der Waals surface area (Å²) >= 11 is 0. The Morgan fingerprint density at radius 3 is 2.60 bits per heavy atom. The second-order valence-corrected chi connectivity index (χ2v) is 6.36. The van der Waals surface area contributed by atoms with Gasteiger partial charge in [-0.05, 0) is 38.0 Å². The molecule has 2 saturated heterocycles. The summed E-state index contributed by atoms with van der Waals surface area (Å²) in [4.78, 5) is 26.0. The molecule has 0 aromatic carbocycles. The van der Waals surface area contributed by atoms with E-state index in [-0.39, 0.29) is 17.9 Å². The Kier molecular flexibility index (Phi) is 3.96. The number of hydrogen-bond donors (Lipinski definition) is 1. The summed E-state index contributed by atoms with van der Waals surface area (Å²) < 4.78 is 5.40. The maximum Gasteiger partial charge on any atom is 0.326 e. The summed E-state index contributed by atoms with van der Waals surface area (Å²) in [6.45, 7) is 1.18. The fourth-order valence-electron chi connectivity index (χ4n) is 4.14. The molecule has 0 spiro atoms. The lowest BCUT2D eigenvalue weighted by atomic mass is 9.84. The van der Waals surface area contributed by atoms with Crippen molar-refractivity contribution >= 4 is 11.9 Å². The van der Waals surface area contributed by atoms with Crippen molar-refractivity contribution in [3.8, 4) is 0 Å². The van der Waals surface area contributed by atoms with Crippen molar-refractivity contribution in [3.63, 3.8) is 0 Å². The minimum atomic E-state index is -0.843.